The van der Waals surface area contributed by atoms with Crippen molar-refractivity contribution in [1.29, 1.82) is 0 Å². The number of benzene rings is 1. The van der Waals surface area contributed by atoms with Crippen LogP contribution in [0, 0.1) is 0 Å². The van der Waals surface area contributed by atoms with Gasteiger partial charge in [-0.15, -0.1) is 11.3 Å². The van der Waals surface area contributed by atoms with Gasteiger partial charge < -0.3 is 14.5 Å². The smallest absolute Gasteiger partial charge is 0.271 e. The van der Waals surface area contributed by atoms with Crippen molar-refractivity contribution in [3.05, 3.63) is 75.9 Å². The van der Waals surface area contributed by atoms with Crippen LogP contribution in [-0.2, 0) is 6.54 Å². The predicted octanol–water partition coefficient (Wildman–Crippen LogP) is 2.95. The minimum absolute atomic E-state index is 0.0263. The Hall–Kier alpha value is -3.39. The largest absolute Gasteiger partial charge is 0.497 e. The lowest BCUT2D eigenvalue weighted by atomic mass is 10.1. The maximum atomic E-state index is 13.0. The number of hydrogen-bond donors (Lipinski definition) is 1. The summed E-state index contributed by atoms with van der Waals surface area (Å²) >= 11 is 1.33. The number of fused-ring (bicyclic) bond motifs is 1. The van der Waals surface area contributed by atoms with E-state index in [9.17, 15) is 9.59 Å². The second-order valence-corrected chi connectivity index (χ2v) is 6.55. The van der Waals surface area contributed by atoms with Crippen LogP contribution < -0.4 is 15.6 Å². The summed E-state index contributed by atoms with van der Waals surface area (Å²) in [5, 5.41) is 4.51. The first-order chi connectivity index (χ1) is 13.2. The minimum Gasteiger partial charge on any atom is -0.497 e. The molecule has 3 heterocycles. The molecular weight excluding hydrogens is 366 g/mol. The standard InChI is InChI=1S/C19H15N3O4S/c1-25-13-5-2-4-12(8-13)16-11-27-19-21-10-15(18(24)22(16)19)17(23)20-9-14-6-3-7-26-14/h2-8,10-11H,9H2,1H3,(H,20,23). The van der Waals surface area contributed by atoms with Gasteiger partial charge in [-0.05, 0) is 24.3 Å². The summed E-state index contributed by atoms with van der Waals surface area (Å²) < 4.78 is 11.9. The fourth-order valence-electron chi connectivity index (χ4n) is 2.71. The van der Waals surface area contributed by atoms with Crippen molar-refractivity contribution >= 4 is 22.2 Å². The molecule has 0 fully saturated rings. The SMILES string of the molecule is COc1cccc(-c2csc3ncc(C(=O)NCc4ccco4)c(=O)n23)c1. The van der Waals surface area contributed by atoms with Gasteiger partial charge in [0.2, 0.25) is 0 Å². The number of thiazole rings is 1. The van der Waals surface area contributed by atoms with E-state index in [1.54, 1.807) is 19.2 Å². The second-order valence-electron chi connectivity index (χ2n) is 5.71. The monoisotopic (exact) mass is 381 g/mol. The maximum absolute atomic E-state index is 13.0. The maximum Gasteiger partial charge on any atom is 0.271 e. The quantitative estimate of drug-likeness (QED) is 0.574. The lowest BCUT2D eigenvalue weighted by Crippen LogP contribution is -2.31. The van der Waals surface area contributed by atoms with Gasteiger partial charge in [0.1, 0.15) is 17.1 Å². The minimum atomic E-state index is -0.499. The van der Waals surface area contributed by atoms with E-state index >= 15 is 0 Å². The van der Waals surface area contributed by atoms with Crippen molar-refractivity contribution in [2.24, 2.45) is 0 Å². The van der Waals surface area contributed by atoms with Crippen molar-refractivity contribution < 1.29 is 13.9 Å². The van der Waals surface area contributed by atoms with Crippen molar-refractivity contribution in [2.45, 2.75) is 6.54 Å². The molecule has 0 radical (unpaired) electrons. The number of carbonyl (C=O) groups excluding carboxylic acids is 1. The summed E-state index contributed by atoms with van der Waals surface area (Å²) in [6.45, 7) is 0.195. The van der Waals surface area contributed by atoms with Crippen LogP contribution in [0.5, 0.6) is 5.75 Å². The van der Waals surface area contributed by atoms with Crippen LogP contribution in [-0.4, -0.2) is 22.4 Å². The summed E-state index contributed by atoms with van der Waals surface area (Å²) in [7, 11) is 1.58. The first kappa shape index (κ1) is 17.0. The molecule has 0 atom stereocenters. The zero-order chi connectivity index (χ0) is 18.8. The van der Waals surface area contributed by atoms with Crippen molar-refractivity contribution in [3.63, 3.8) is 0 Å². The molecule has 0 unspecified atom stereocenters. The molecule has 4 aromatic rings. The fraction of sp³-hybridized carbons (Fsp3) is 0.105. The molecule has 0 saturated heterocycles. The summed E-state index contributed by atoms with van der Waals surface area (Å²) in [5.41, 5.74) is 1.02. The Morgan fingerprint density at radius 3 is 3.00 bits per heavy atom. The van der Waals surface area contributed by atoms with Gasteiger partial charge >= 0.3 is 0 Å². The molecule has 1 aromatic carbocycles. The predicted molar refractivity (Wildman–Crippen MR) is 101 cm³/mol. The van der Waals surface area contributed by atoms with Gasteiger partial charge in [-0.25, -0.2) is 4.98 Å². The van der Waals surface area contributed by atoms with Crippen LogP contribution in [0.15, 0.2) is 63.4 Å². The Morgan fingerprint density at radius 2 is 2.22 bits per heavy atom. The summed E-state index contributed by atoms with van der Waals surface area (Å²) in [6, 6.07) is 10.9. The Labute approximate surface area is 157 Å². The lowest BCUT2D eigenvalue weighted by Gasteiger charge is -2.06. The van der Waals surface area contributed by atoms with E-state index in [1.807, 2.05) is 29.6 Å². The number of nitrogens with one attached hydrogen (secondary N) is 1. The molecule has 0 bridgehead atoms. The Bertz CT molecular complexity index is 1160. The van der Waals surface area contributed by atoms with Gasteiger partial charge in [-0.3, -0.25) is 14.0 Å². The summed E-state index contributed by atoms with van der Waals surface area (Å²) in [5.74, 6) is 0.784. The fourth-order valence-corrected chi connectivity index (χ4v) is 3.57. The molecule has 0 aliphatic carbocycles. The molecule has 0 aliphatic rings. The van der Waals surface area contributed by atoms with Crippen molar-refractivity contribution in [2.75, 3.05) is 7.11 Å². The number of carbonyl (C=O) groups is 1. The average Bonchev–Trinajstić information content (AvgIpc) is 3.36. The third kappa shape index (κ3) is 3.22. The average molecular weight is 381 g/mol. The number of nitrogens with zero attached hydrogens (tertiary/aromatic N) is 2. The third-order valence-electron chi connectivity index (χ3n) is 4.06. The van der Waals surface area contributed by atoms with Crippen LogP contribution in [0.4, 0.5) is 0 Å². The zero-order valence-corrected chi connectivity index (χ0v) is 15.2. The number of methoxy groups -OCH3 is 1. The topological polar surface area (TPSA) is 85.8 Å². The van der Waals surface area contributed by atoms with Gasteiger partial charge in [0.25, 0.3) is 11.5 Å². The lowest BCUT2D eigenvalue weighted by molar-refractivity contribution is 0.0946. The van der Waals surface area contributed by atoms with Crippen molar-refractivity contribution in [1.82, 2.24) is 14.7 Å². The first-order valence-corrected chi connectivity index (χ1v) is 8.99. The van der Waals surface area contributed by atoms with Crippen LogP contribution in [0.2, 0.25) is 0 Å². The van der Waals surface area contributed by atoms with Crippen LogP contribution >= 0.6 is 11.3 Å². The van der Waals surface area contributed by atoms with Gasteiger partial charge in [-0.1, -0.05) is 12.1 Å². The van der Waals surface area contributed by atoms with Gasteiger partial charge in [0.15, 0.2) is 4.96 Å². The van der Waals surface area contributed by atoms with E-state index in [2.05, 4.69) is 10.3 Å². The van der Waals surface area contributed by atoms with E-state index in [-0.39, 0.29) is 12.1 Å². The molecular formula is C19H15N3O4S. The molecule has 4 rings (SSSR count). The third-order valence-corrected chi connectivity index (χ3v) is 4.90. The molecule has 3 aromatic heterocycles. The molecule has 136 valence electrons. The normalized spacial score (nSPS) is 10.9. The van der Waals surface area contributed by atoms with Gasteiger partial charge in [0, 0.05) is 17.1 Å². The Morgan fingerprint density at radius 1 is 1.33 bits per heavy atom. The Kier molecular flexibility index (Phi) is 4.47. The van der Waals surface area contributed by atoms with Crippen LogP contribution in [0.1, 0.15) is 16.1 Å². The van der Waals surface area contributed by atoms with E-state index in [4.69, 9.17) is 9.15 Å². The van der Waals surface area contributed by atoms with Crippen LogP contribution in [0.25, 0.3) is 16.2 Å². The highest BCUT2D eigenvalue weighted by Crippen LogP contribution is 2.26. The first-order valence-electron chi connectivity index (χ1n) is 8.11. The molecule has 8 heteroatoms. The number of rotatable bonds is 5. The summed E-state index contributed by atoms with van der Waals surface area (Å²) in [6.07, 6.45) is 2.83. The zero-order valence-electron chi connectivity index (χ0n) is 14.3. The number of aromatic nitrogens is 2. The number of furan rings is 1. The number of ether oxygens (including phenoxy) is 1. The van der Waals surface area contributed by atoms with Crippen molar-refractivity contribution in [3.8, 4) is 17.0 Å². The number of hydrogen-bond acceptors (Lipinski definition) is 6. The summed E-state index contributed by atoms with van der Waals surface area (Å²) in [4.78, 5) is 30.2. The molecule has 1 N–H and O–H groups in total. The van der Waals surface area contributed by atoms with Crippen LogP contribution in [0.3, 0.4) is 0 Å². The van der Waals surface area contributed by atoms with E-state index in [0.717, 1.165) is 5.56 Å². The molecule has 0 aliphatic heterocycles. The van der Waals surface area contributed by atoms with E-state index < -0.39 is 11.5 Å². The molecule has 27 heavy (non-hydrogen) atoms. The highest BCUT2D eigenvalue weighted by molar-refractivity contribution is 7.15. The molecule has 0 spiro atoms. The highest BCUT2D eigenvalue weighted by atomic mass is 32.1. The van der Waals surface area contributed by atoms with Gasteiger partial charge in [-0.2, -0.15) is 0 Å². The highest BCUT2D eigenvalue weighted by Gasteiger charge is 2.17. The Balaban J connectivity index is 1.72. The molecule has 0 saturated carbocycles. The molecule has 1 amide bonds. The second kappa shape index (κ2) is 7.08. The van der Waals surface area contributed by atoms with E-state index in [1.165, 1.54) is 28.2 Å². The molecule has 7 nitrogen and oxygen atoms in total. The van der Waals surface area contributed by atoms with E-state index in [0.29, 0.717) is 22.2 Å². The van der Waals surface area contributed by atoms with Gasteiger partial charge in [0.05, 0.1) is 25.6 Å². The number of amides is 1.